The summed E-state index contributed by atoms with van der Waals surface area (Å²) in [7, 11) is 1.97. The van der Waals surface area contributed by atoms with Crippen LogP contribution in [0, 0.1) is 6.92 Å². The van der Waals surface area contributed by atoms with Crippen molar-refractivity contribution in [2.24, 2.45) is 12.0 Å². The van der Waals surface area contributed by atoms with E-state index in [1.165, 1.54) is 0 Å². The molecule has 152 valence electrons. The molecule has 0 aliphatic carbocycles. The molecule has 1 rings (SSSR count). The molecule has 1 aromatic heterocycles. The second kappa shape index (κ2) is 13.3. The Morgan fingerprint density at radius 2 is 1.73 bits per heavy atom. The first kappa shape index (κ1) is 25.1. The van der Waals surface area contributed by atoms with Crippen LogP contribution in [0.15, 0.2) is 4.99 Å². The second-order valence-electron chi connectivity index (χ2n) is 7.02. The molecule has 0 saturated carbocycles. The van der Waals surface area contributed by atoms with Crippen LogP contribution in [0.2, 0.25) is 0 Å². The highest BCUT2D eigenvalue weighted by atomic mass is 127. The molecule has 0 aromatic carbocycles. The molecule has 26 heavy (non-hydrogen) atoms. The van der Waals surface area contributed by atoms with E-state index in [1.807, 2.05) is 18.5 Å². The number of rotatable bonds is 10. The molecule has 0 atom stereocenters. The average molecular weight is 479 g/mol. The van der Waals surface area contributed by atoms with Gasteiger partial charge in [-0.25, -0.2) is 4.99 Å². The number of nitrogens with one attached hydrogen (secondary N) is 2. The summed E-state index contributed by atoms with van der Waals surface area (Å²) in [5.41, 5.74) is 0. The van der Waals surface area contributed by atoms with E-state index in [0.29, 0.717) is 18.6 Å². The SMILES string of the molecule is CCCCNC(=NCc1nnc(C)n1C)NCCN(C(C)C)C(C)C.I. The summed E-state index contributed by atoms with van der Waals surface area (Å²) in [4.78, 5) is 7.15. The predicted molar refractivity (Wildman–Crippen MR) is 120 cm³/mol. The first-order chi connectivity index (χ1) is 11.9. The molecule has 0 amide bonds. The van der Waals surface area contributed by atoms with Crippen LogP contribution in [0.5, 0.6) is 0 Å². The molecule has 1 heterocycles. The van der Waals surface area contributed by atoms with Gasteiger partial charge in [0.2, 0.25) is 0 Å². The second-order valence-corrected chi connectivity index (χ2v) is 7.02. The number of nitrogens with zero attached hydrogens (tertiary/aromatic N) is 5. The zero-order valence-electron chi connectivity index (χ0n) is 17.5. The summed E-state index contributed by atoms with van der Waals surface area (Å²) in [6, 6.07) is 1.08. The highest BCUT2D eigenvalue weighted by molar-refractivity contribution is 14.0. The van der Waals surface area contributed by atoms with Crippen LogP contribution < -0.4 is 10.6 Å². The maximum Gasteiger partial charge on any atom is 0.191 e. The molecule has 0 radical (unpaired) electrons. The molecule has 8 heteroatoms. The van der Waals surface area contributed by atoms with Crippen molar-refractivity contribution in [1.29, 1.82) is 0 Å². The first-order valence-electron chi connectivity index (χ1n) is 9.49. The summed E-state index contributed by atoms with van der Waals surface area (Å²) in [5, 5.41) is 15.1. The molecule has 0 unspecified atom stereocenters. The Labute approximate surface area is 176 Å². The Morgan fingerprint density at radius 1 is 1.12 bits per heavy atom. The van der Waals surface area contributed by atoms with Crippen molar-refractivity contribution in [3.63, 3.8) is 0 Å². The fraction of sp³-hybridized carbons (Fsp3) is 0.833. The normalized spacial score (nSPS) is 12.0. The molecular weight excluding hydrogens is 441 g/mol. The van der Waals surface area contributed by atoms with Gasteiger partial charge in [-0.2, -0.15) is 0 Å². The first-order valence-corrected chi connectivity index (χ1v) is 9.49. The Balaban J connectivity index is 0.00000625. The molecule has 1 aromatic rings. The van der Waals surface area contributed by atoms with Crippen LogP contribution in [0.4, 0.5) is 0 Å². The van der Waals surface area contributed by atoms with E-state index in [0.717, 1.165) is 50.1 Å². The monoisotopic (exact) mass is 479 g/mol. The zero-order chi connectivity index (χ0) is 18.8. The van der Waals surface area contributed by atoms with E-state index < -0.39 is 0 Å². The van der Waals surface area contributed by atoms with E-state index in [-0.39, 0.29) is 24.0 Å². The Bertz CT molecular complexity index is 518. The van der Waals surface area contributed by atoms with Crippen molar-refractivity contribution in [1.82, 2.24) is 30.3 Å². The van der Waals surface area contributed by atoms with Crippen molar-refractivity contribution in [3.8, 4) is 0 Å². The van der Waals surface area contributed by atoms with Crippen molar-refractivity contribution >= 4 is 29.9 Å². The summed E-state index contributed by atoms with van der Waals surface area (Å²) < 4.78 is 1.98. The molecule has 0 aliphatic heterocycles. The van der Waals surface area contributed by atoms with E-state index in [9.17, 15) is 0 Å². The fourth-order valence-electron chi connectivity index (χ4n) is 2.71. The largest absolute Gasteiger partial charge is 0.356 e. The van der Waals surface area contributed by atoms with Crippen molar-refractivity contribution in [2.75, 3.05) is 19.6 Å². The zero-order valence-corrected chi connectivity index (χ0v) is 19.9. The Kier molecular flexibility index (Phi) is 12.8. The smallest absolute Gasteiger partial charge is 0.191 e. The van der Waals surface area contributed by atoms with Crippen LogP contribution in [-0.2, 0) is 13.6 Å². The van der Waals surface area contributed by atoms with Gasteiger partial charge >= 0.3 is 0 Å². The lowest BCUT2D eigenvalue weighted by Gasteiger charge is -2.30. The Hall–Kier alpha value is -0.900. The van der Waals surface area contributed by atoms with Gasteiger partial charge < -0.3 is 15.2 Å². The van der Waals surface area contributed by atoms with Crippen LogP contribution >= 0.6 is 24.0 Å². The van der Waals surface area contributed by atoms with Gasteiger partial charge in [0.25, 0.3) is 0 Å². The maximum absolute atomic E-state index is 4.68. The van der Waals surface area contributed by atoms with Crippen molar-refractivity contribution < 1.29 is 0 Å². The fourth-order valence-corrected chi connectivity index (χ4v) is 2.71. The number of aryl methyl sites for hydroxylation is 1. The lowest BCUT2D eigenvalue weighted by molar-refractivity contribution is 0.178. The number of hydrogen-bond acceptors (Lipinski definition) is 4. The average Bonchev–Trinajstić information content (AvgIpc) is 2.87. The highest BCUT2D eigenvalue weighted by Crippen LogP contribution is 2.03. The number of halogens is 1. The third-order valence-electron chi connectivity index (χ3n) is 4.37. The molecule has 0 aliphatic rings. The Morgan fingerprint density at radius 3 is 2.23 bits per heavy atom. The van der Waals surface area contributed by atoms with E-state index in [1.54, 1.807) is 0 Å². The number of guanidine groups is 1. The molecule has 0 bridgehead atoms. The van der Waals surface area contributed by atoms with Gasteiger partial charge in [0.15, 0.2) is 11.8 Å². The van der Waals surface area contributed by atoms with Gasteiger partial charge in [-0.15, -0.1) is 34.2 Å². The van der Waals surface area contributed by atoms with E-state index in [4.69, 9.17) is 0 Å². The van der Waals surface area contributed by atoms with Gasteiger partial charge in [-0.1, -0.05) is 13.3 Å². The van der Waals surface area contributed by atoms with Crippen LogP contribution in [-0.4, -0.2) is 57.3 Å². The summed E-state index contributed by atoms with van der Waals surface area (Å²) in [6.45, 7) is 16.4. The van der Waals surface area contributed by atoms with Gasteiger partial charge in [0.1, 0.15) is 12.4 Å². The minimum absolute atomic E-state index is 0. The highest BCUT2D eigenvalue weighted by Gasteiger charge is 2.13. The molecular formula is C18H38IN7. The standard InChI is InChI=1S/C18H37N7.HI/c1-8-9-10-19-18(20-11-12-25(14(2)3)15(4)5)21-13-17-23-22-16(6)24(17)7;/h14-15H,8-13H2,1-7H3,(H2,19,20,21);1H. The van der Waals surface area contributed by atoms with Crippen LogP contribution in [0.1, 0.15) is 59.1 Å². The van der Waals surface area contributed by atoms with Crippen molar-refractivity contribution in [2.45, 2.75) is 73.0 Å². The molecule has 7 nitrogen and oxygen atoms in total. The summed E-state index contributed by atoms with van der Waals surface area (Å²) >= 11 is 0. The quantitative estimate of drug-likeness (QED) is 0.234. The van der Waals surface area contributed by atoms with Crippen LogP contribution in [0.25, 0.3) is 0 Å². The topological polar surface area (TPSA) is 70.4 Å². The maximum atomic E-state index is 4.68. The van der Waals surface area contributed by atoms with E-state index in [2.05, 4.69) is 65.3 Å². The number of aromatic nitrogens is 3. The minimum Gasteiger partial charge on any atom is -0.356 e. The third kappa shape index (κ3) is 8.66. The van der Waals surface area contributed by atoms with Gasteiger partial charge in [0.05, 0.1) is 0 Å². The number of unbranched alkanes of at least 4 members (excludes halogenated alkanes) is 1. The molecule has 0 saturated heterocycles. The lowest BCUT2D eigenvalue weighted by atomic mass is 10.2. The number of aliphatic imine (C=N–C) groups is 1. The van der Waals surface area contributed by atoms with Gasteiger partial charge in [-0.05, 0) is 41.0 Å². The van der Waals surface area contributed by atoms with Crippen molar-refractivity contribution in [3.05, 3.63) is 11.6 Å². The summed E-state index contributed by atoms with van der Waals surface area (Å²) in [6.07, 6.45) is 2.30. The van der Waals surface area contributed by atoms with Gasteiger partial charge in [0, 0.05) is 38.8 Å². The number of hydrogen-bond donors (Lipinski definition) is 2. The van der Waals surface area contributed by atoms with Gasteiger partial charge in [-0.3, -0.25) is 4.90 Å². The summed E-state index contributed by atoms with van der Waals surface area (Å²) in [5.74, 6) is 2.63. The minimum atomic E-state index is 0. The lowest BCUT2D eigenvalue weighted by Crippen LogP contribution is -2.45. The predicted octanol–water partition coefficient (Wildman–Crippen LogP) is 2.70. The molecule has 2 N–H and O–H groups in total. The molecule has 0 fully saturated rings. The van der Waals surface area contributed by atoms with E-state index >= 15 is 0 Å². The molecule has 0 spiro atoms. The van der Waals surface area contributed by atoms with Crippen LogP contribution in [0.3, 0.4) is 0 Å². The third-order valence-corrected chi connectivity index (χ3v) is 4.37.